The molecule has 0 aromatic heterocycles. The summed E-state index contributed by atoms with van der Waals surface area (Å²) < 4.78 is 0. The average Bonchev–Trinajstić information content (AvgIpc) is 2.92. The van der Waals surface area contributed by atoms with Crippen LogP contribution in [0.25, 0.3) is 0 Å². The van der Waals surface area contributed by atoms with Crippen LogP contribution in [0.5, 0.6) is 0 Å². The maximum absolute atomic E-state index is 12.0. The summed E-state index contributed by atoms with van der Waals surface area (Å²) in [6.07, 6.45) is 9.94. The molecule has 2 fully saturated rings. The molecule has 0 aromatic carbocycles. The largest absolute Gasteiger partial charge is 0.353 e. The van der Waals surface area contributed by atoms with Gasteiger partial charge in [0, 0.05) is 12.1 Å². The van der Waals surface area contributed by atoms with Gasteiger partial charge in [-0.2, -0.15) is 0 Å². The first kappa shape index (κ1) is 10.3. The topological polar surface area (TPSA) is 55.1 Å². The van der Waals surface area contributed by atoms with Crippen molar-refractivity contribution < 1.29 is 4.79 Å². The summed E-state index contributed by atoms with van der Waals surface area (Å²) >= 11 is 0. The predicted octanol–water partition coefficient (Wildman–Crippen LogP) is 1.19. The summed E-state index contributed by atoms with van der Waals surface area (Å²) in [6.45, 7) is 0. The molecular formula is C13H20N2O. The van der Waals surface area contributed by atoms with E-state index in [1.54, 1.807) is 0 Å². The Morgan fingerprint density at radius 2 is 2.06 bits per heavy atom. The van der Waals surface area contributed by atoms with E-state index in [4.69, 9.17) is 5.73 Å². The van der Waals surface area contributed by atoms with Crippen LogP contribution in [-0.2, 0) is 4.79 Å². The molecule has 88 valence electrons. The van der Waals surface area contributed by atoms with E-state index in [0.29, 0.717) is 6.04 Å². The quantitative estimate of drug-likeness (QED) is 0.687. The zero-order valence-electron chi connectivity index (χ0n) is 9.56. The van der Waals surface area contributed by atoms with Crippen LogP contribution < -0.4 is 11.1 Å². The van der Waals surface area contributed by atoms with Crippen molar-refractivity contribution in [1.82, 2.24) is 5.32 Å². The smallest absolute Gasteiger partial charge is 0.227 e. The molecule has 0 aromatic rings. The van der Waals surface area contributed by atoms with Gasteiger partial charge < -0.3 is 11.1 Å². The minimum atomic E-state index is 0.0223. The molecular weight excluding hydrogens is 200 g/mol. The summed E-state index contributed by atoms with van der Waals surface area (Å²) in [5.41, 5.74) is 5.76. The van der Waals surface area contributed by atoms with Crippen molar-refractivity contribution in [2.24, 2.45) is 23.5 Å². The fraction of sp³-hybridized carbons (Fsp3) is 0.769. The number of hydrogen-bond donors (Lipinski definition) is 2. The minimum absolute atomic E-state index is 0.0223. The van der Waals surface area contributed by atoms with Crippen LogP contribution in [0.1, 0.15) is 32.1 Å². The van der Waals surface area contributed by atoms with Crippen molar-refractivity contribution >= 4 is 5.91 Å². The van der Waals surface area contributed by atoms with Crippen LogP contribution >= 0.6 is 0 Å². The SMILES string of the molecule is NC1C=CC(C(=O)NC2CC3CCC2C3)C1. The second kappa shape index (κ2) is 3.88. The highest BCUT2D eigenvalue weighted by Crippen LogP contribution is 2.44. The van der Waals surface area contributed by atoms with Gasteiger partial charge in [-0.3, -0.25) is 4.79 Å². The maximum Gasteiger partial charge on any atom is 0.227 e. The molecule has 3 aliphatic carbocycles. The number of fused-ring (bicyclic) bond motifs is 2. The Morgan fingerprint density at radius 1 is 1.19 bits per heavy atom. The Balaban J connectivity index is 1.55. The molecule has 0 heterocycles. The zero-order chi connectivity index (χ0) is 11.1. The molecule has 0 aliphatic heterocycles. The predicted molar refractivity (Wildman–Crippen MR) is 62.6 cm³/mol. The first-order valence-electron chi connectivity index (χ1n) is 6.46. The lowest BCUT2D eigenvalue weighted by atomic mass is 9.94. The molecule has 0 saturated heterocycles. The third-order valence-corrected chi connectivity index (χ3v) is 4.52. The van der Waals surface area contributed by atoms with E-state index in [1.807, 2.05) is 12.2 Å². The lowest BCUT2D eigenvalue weighted by Crippen LogP contribution is -2.41. The number of carbonyl (C=O) groups is 1. The fourth-order valence-electron chi connectivity index (χ4n) is 3.63. The molecule has 1 amide bonds. The lowest BCUT2D eigenvalue weighted by Gasteiger charge is -2.24. The van der Waals surface area contributed by atoms with Crippen molar-refractivity contribution in [2.45, 2.75) is 44.2 Å². The van der Waals surface area contributed by atoms with Crippen molar-refractivity contribution in [2.75, 3.05) is 0 Å². The van der Waals surface area contributed by atoms with Gasteiger partial charge in [0.1, 0.15) is 0 Å². The zero-order valence-corrected chi connectivity index (χ0v) is 9.56. The molecule has 3 N–H and O–H groups in total. The minimum Gasteiger partial charge on any atom is -0.353 e. The van der Waals surface area contributed by atoms with Gasteiger partial charge in [-0.25, -0.2) is 0 Å². The molecule has 3 rings (SSSR count). The molecule has 5 atom stereocenters. The molecule has 0 radical (unpaired) electrons. The second-order valence-electron chi connectivity index (χ2n) is 5.68. The summed E-state index contributed by atoms with van der Waals surface area (Å²) in [7, 11) is 0. The number of carbonyl (C=O) groups excluding carboxylic acids is 1. The van der Waals surface area contributed by atoms with Crippen LogP contribution in [0.4, 0.5) is 0 Å². The van der Waals surface area contributed by atoms with E-state index in [-0.39, 0.29) is 17.9 Å². The van der Waals surface area contributed by atoms with E-state index >= 15 is 0 Å². The Bertz CT molecular complexity index is 326. The van der Waals surface area contributed by atoms with Gasteiger partial charge >= 0.3 is 0 Å². The van der Waals surface area contributed by atoms with Gasteiger partial charge in [-0.1, -0.05) is 18.6 Å². The highest BCUT2D eigenvalue weighted by Gasteiger charge is 2.40. The van der Waals surface area contributed by atoms with E-state index in [0.717, 1.165) is 18.3 Å². The van der Waals surface area contributed by atoms with E-state index < -0.39 is 0 Å². The second-order valence-corrected chi connectivity index (χ2v) is 5.68. The summed E-state index contributed by atoms with van der Waals surface area (Å²) in [6, 6.07) is 0.534. The monoisotopic (exact) mass is 220 g/mol. The van der Waals surface area contributed by atoms with Gasteiger partial charge in [-0.05, 0) is 37.5 Å². The Kier molecular flexibility index (Phi) is 2.51. The number of nitrogens with two attached hydrogens (primary N) is 1. The van der Waals surface area contributed by atoms with Crippen molar-refractivity contribution in [3.05, 3.63) is 12.2 Å². The van der Waals surface area contributed by atoms with Crippen LogP contribution in [0.3, 0.4) is 0 Å². The molecule has 3 aliphatic rings. The third kappa shape index (κ3) is 1.77. The van der Waals surface area contributed by atoms with Gasteiger partial charge in [0.05, 0.1) is 5.92 Å². The van der Waals surface area contributed by atoms with Crippen LogP contribution in [0, 0.1) is 17.8 Å². The summed E-state index contributed by atoms with van der Waals surface area (Å²) in [5, 5.41) is 3.23. The van der Waals surface area contributed by atoms with Gasteiger partial charge in [-0.15, -0.1) is 0 Å². The molecule has 0 spiro atoms. The Hall–Kier alpha value is -0.830. The maximum atomic E-state index is 12.0. The van der Waals surface area contributed by atoms with Gasteiger partial charge in [0.2, 0.25) is 5.91 Å². The number of hydrogen-bond acceptors (Lipinski definition) is 2. The lowest BCUT2D eigenvalue weighted by molar-refractivity contribution is -0.124. The van der Waals surface area contributed by atoms with E-state index in [2.05, 4.69) is 5.32 Å². The highest BCUT2D eigenvalue weighted by molar-refractivity contribution is 5.81. The number of amides is 1. The summed E-state index contributed by atoms with van der Waals surface area (Å²) in [5.74, 6) is 1.86. The molecule has 2 saturated carbocycles. The van der Waals surface area contributed by atoms with Crippen molar-refractivity contribution in [3.63, 3.8) is 0 Å². The molecule has 5 unspecified atom stereocenters. The number of nitrogens with one attached hydrogen (secondary N) is 1. The van der Waals surface area contributed by atoms with E-state index in [9.17, 15) is 4.79 Å². The van der Waals surface area contributed by atoms with Gasteiger partial charge in [0.15, 0.2) is 0 Å². The van der Waals surface area contributed by atoms with Crippen molar-refractivity contribution in [1.29, 1.82) is 0 Å². The Morgan fingerprint density at radius 3 is 2.62 bits per heavy atom. The molecule has 3 nitrogen and oxygen atoms in total. The average molecular weight is 220 g/mol. The normalized spacial score (nSPS) is 45.2. The van der Waals surface area contributed by atoms with E-state index in [1.165, 1.54) is 25.7 Å². The summed E-state index contributed by atoms with van der Waals surface area (Å²) in [4.78, 5) is 12.0. The van der Waals surface area contributed by atoms with Gasteiger partial charge in [0.25, 0.3) is 0 Å². The Labute approximate surface area is 96.5 Å². The molecule has 3 heteroatoms. The van der Waals surface area contributed by atoms with Crippen molar-refractivity contribution in [3.8, 4) is 0 Å². The fourth-order valence-corrected chi connectivity index (χ4v) is 3.63. The highest BCUT2D eigenvalue weighted by atomic mass is 16.1. The standard InChI is InChI=1S/C13H20N2O/c14-11-4-3-10(7-11)13(16)15-12-6-8-1-2-9(12)5-8/h3-4,8-12H,1-2,5-7,14H2,(H,15,16). The first-order chi connectivity index (χ1) is 7.72. The first-order valence-corrected chi connectivity index (χ1v) is 6.46. The van der Waals surface area contributed by atoms with Crippen LogP contribution in [0.15, 0.2) is 12.2 Å². The molecule has 2 bridgehead atoms. The molecule has 16 heavy (non-hydrogen) atoms. The third-order valence-electron chi connectivity index (χ3n) is 4.52. The van der Waals surface area contributed by atoms with Crippen LogP contribution in [0.2, 0.25) is 0 Å². The van der Waals surface area contributed by atoms with Crippen LogP contribution in [-0.4, -0.2) is 18.0 Å². The number of rotatable bonds is 2.